The number of benzene rings is 2. The van der Waals surface area contributed by atoms with Crippen LogP contribution in [0.2, 0.25) is 0 Å². The van der Waals surface area contributed by atoms with Gasteiger partial charge in [0.2, 0.25) is 0 Å². The summed E-state index contributed by atoms with van der Waals surface area (Å²) in [5.41, 5.74) is 1.04. The largest absolute Gasteiger partial charge is 0.493 e. The number of hydrogen-bond donors (Lipinski definition) is 1. The van der Waals surface area contributed by atoms with Gasteiger partial charge in [-0.15, -0.1) is 0 Å². The fourth-order valence-electron chi connectivity index (χ4n) is 2.20. The van der Waals surface area contributed by atoms with E-state index in [1.54, 1.807) is 7.11 Å². The van der Waals surface area contributed by atoms with Gasteiger partial charge in [-0.05, 0) is 56.7 Å². The van der Waals surface area contributed by atoms with Crippen molar-refractivity contribution in [3.63, 3.8) is 0 Å². The van der Waals surface area contributed by atoms with Gasteiger partial charge in [-0.1, -0.05) is 19.1 Å². The van der Waals surface area contributed by atoms with Crippen molar-refractivity contribution in [3.8, 4) is 17.2 Å². The zero-order valence-electron chi connectivity index (χ0n) is 14.9. The fraction of sp³-hybridized carbons (Fsp3) is 0.400. The lowest BCUT2D eigenvalue weighted by atomic mass is 10.2. The Labute approximate surface area is 144 Å². The molecule has 24 heavy (non-hydrogen) atoms. The van der Waals surface area contributed by atoms with Crippen molar-refractivity contribution < 1.29 is 14.2 Å². The lowest BCUT2D eigenvalue weighted by Gasteiger charge is -2.18. The van der Waals surface area contributed by atoms with E-state index in [9.17, 15) is 0 Å². The predicted octanol–water partition coefficient (Wildman–Crippen LogP) is 4.75. The zero-order valence-corrected chi connectivity index (χ0v) is 14.9. The van der Waals surface area contributed by atoms with Crippen molar-refractivity contribution in [2.24, 2.45) is 0 Å². The number of rotatable bonds is 9. The van der Waals surface area contributed by atoms with Crippen LogP contribution in [0.15, 0.2) is 48.5 Å². The second-order valence-corrected chi connectivity index (χ2v) is 5.82. The van der Waals surface area contributed by atoms with Crippen LogP contribution in [0.5, 0.6) is 17.2 Å². The van der Waals surface area contributed by atoms with Gasteiger partial charge in [0, 0.05) is 5.69 Å². The minimum absolute atomic E-state index is 0.0114. The highest BCUT2D eigenvalue weighted by atomic mass is 16.5. The molecule has 0 heterocycles. The molecule has 2 aromatic rings. The molecule has 2 rings (SSSR count). The maximum atomic E-state index is 5.94. The van der Waals surface area contributed by atoms with Crippen molar-refractivity contribution in [2.75, 3.05) is 19.0 Å². The van der Waals surface area contributed by atoms with Crippen LogP contribution in [0.25, 0.3) is 0 Å². The number of methoxy groups -OCH3 is 1. The lowest BCUT2D eigenvalue weighted by Crippen LogP contribution is -2.22. The molecule has 0 saturated carbocycles. The third-order valence-electron chi connectivity index (χ3n) is 3.76. The van der Waals surface area contributed by atoms with Crippen molar-refractivity contribution >= 4 is 5.69 Å². The van der Waals surface area contributed by atoms with E-state index in [1.165, 1.54) is 0 Å². The highest BCUT2D eigenvalue weighted by Gasteiger charge is 2.08. The monoisotopic (exact) mass is 329 g/mol. The summed E-state index contributed by atoms with van der Waals surface area (Å²) < 4.78 is 17.0. The molecule has 0 aliphatic carbocycles. The molecule has 1 N–H and O–H groups in total. The number of hydrogen-bond acceptors (Lipinski definition) is 4. The fourth-order valence-corrected chi connectivity index (χ4v) is 2.20. The average Bonchev–Trinajstić information content (AvgIpc) is 2.61. The topological polar surface area (TPSA) is 39.7 Å². The highest BCUT2D eigenvalue weighted by Crippen LogP contribution is 2.27. The second-order valence-electron chi connectivity index (χ2n) is 5.82. The Balaban J connectivity index is 1.84. The van der Waals surface area contributed by atoms with Crippen molar-refractivity contribution in [1.29, 1.82) is 0 Å². The Morgan fingerprint density at radius 2 is 1.54 bits per heavy atom. The summed E-state index contributed by atoms with van der Waals surface area (Å²) in [4.78, 5) is 0. The van der Waals surface area contributed by atoms with E-state index in [-0.39, 0.29) is 12.2 Å². The first-order valence-corrected chi connectivity index (χ1v) is 8.42. The standard InChI is InChI=1S/C20H27NO3/c1-5-15(2)23-18-12-10-17(11-13-18)21-14-16(3)24-20-9-7-6-8-19(20)22-4/h6-13,15-16,21H,5,14H2,1-4H3. The van der Waals surface area contributed by atoms with Crippen LogP contribution in [0, 0.1) is 0 Å². The SMILES string of the molecule is CCC(C)Oc1ccc(NCC(C)Oc2ccccc2OC)cc1. The Morgan fingerprint density at radius 1 is 0.875 bits per heavy atom. The molecule has 4 heteroatoms. The molecule has 2 unspecified atom stereocenters. The van der Waals surface area contributed by atoms with Crippen molar-refractivity contribution in [2.45, 2.75) is 39.4 Å². The molecule has 0 aromatic heterocycles. The number of ether oxygens (including phenoxy) is 3. The van der Waals surface area contributed by atoms with E-state index in [0.717, 1.165) is 29.4 Å². The molecule has 0 bridgehead atoms. The van der Waals surface area contributed by atoms with Gasteiger partial charge < -0.3 is 19.5 Å². The Hall–Kier alpha value is -2.36. The third kappa shape index (κ3) is 5.37. The van der Waals surface area contributed by atoms with Crippen molar-refractivity contribution in [3.05, 3.63) is 48.5 Å². The van der Waals surface area contributed by atoms with Gasteiger partial charge in [-0.25, -0.2) is 0 Å². The molecular weight excluding hydrogens is 302 g/mol. The number of para-hydroxylation sites is 2. The summed E-state index contributed by atoms with van der Waals surface area (Å²) in [6, 6.07) is 15.7. The summed E-state index contributed by atoms with van der Waals surface area (Å²) in [6.07, 6.45) is 1.24. The Kier molecular flexibility index (Phi) is 6.79. The third-order valence-corrected chi connectivity index (χ3v) is 3.76. The molecule has 2 atom stereocenters. The number of anilines is 1. The summed E-state index contributed by atoms with van der Waals surface area (Å²) >= 11 is 0. The summed E-state index contributed by atoms with van der Waals surface area (Å²) in [5.74, 6) is 2.40. The molecule has 0 aliphatic rings. The normalized spacial score (nSPS) is 13.0. The van der Waals surface area contributed by atoms with Crippen LogP contribution in [0.3, 0.4) is 0 Å². The van der Waals surface area contributed by atoms with Gasteiger partial charge >= 0.3 is 0 Å². The first-order valence-electron chi connectivity index (χ1n) is 8.42. The van der Waals surface area contributed by atoms with Gasteiger partial charge in [-0.3, -0.25) is 0 Å². The predicted molar refractivity (Wildman–Crippen MR) is 98.4 cm³/mol. The van der Waals surface area contributed by atoms with Crippen molar-refractivity contribution in [1.82, 2.24) is 0 Å². The van der Waals surface area contributed by atoms with Crippen LogP contribution >= 0.6 is 0 Å². The van der Waals surface area contributed by atoms with Crippen LogP contribution in [-0.4, -0.2) is 25.9 Å². The van der Waals surface area contributed by atoms with Gasteiger partial charge in [0.15, 0.2) is 11.5 Å². The Bertz CT molecular complexity index is 613. The molecular formula is C20H27NO3. The van der Waals surface area contributed by atoms with E-state index in [0.29, 0.717) is 6.54 Å². The highest BCUT2D eigenvalue weighted by molar-refractivity contribution is 5.46. The summed E-state index contributed by atoms with van der Waals surface area (Å²) in [5, 5.41) is 3.38. The van der Waals surface area contributed by atoms with E-state index in [4.69, 9.17) is 14.2 Å². The van der Waals surface area contributed by atoms with E-state index >= 15 is 0 Å². The molecule has 0 fully saturated rings. The first-order chi connectivity index (χ1) is 11.6. The zero-order chi connectivity index (χ0) is 17.4. The molecule has 0 saturated heterocycles. The summed E-state index contributed by atoms with van der Waals surface area (Å²) in [6.45, 7) is 6.91. The van der Waals surface area contributed by atoms with Crippen LogP contribution in [-0.2, 0) is 0 Å². The smallest absolute Gasteiger partial charge is 0.161 e. The molecule has 130 valence electrons. The minimum atomic E-state index is 0.0114. The van der Waals surface area contributed by atoms with Gasteiger partial charge in [0.1, 0.15) is 11.9 Å². The lowest BCUT2D eigenvalue weighted by molar-refractivity contribution is 0.217. The van der Waals surface area contributed by atoms with E-state index in [2.05, 4.69) is 19.2 Å². The van der Waals surface area contributed by atoms with E-state index in [1.807, 2.05) is 55.5 Å². The average molecular weight is 329 g/mol. The van der Waals surface area contributed by atoms with E-state index < -0.39 is 0 Å². The van der Waals surface area contributed by atoms with Gasteiger partial charge in [-0.2, -0.15) is 0 Å². The van der Waals surface area contributed by atoms with Crippen LogP contribution < -0.4 is 19.5 Å². The molecule has 0 aliphatic heterocycles. The molecule has 0 amide bonds. The maximum absolute atomic E-state index is 5.94. The van der Waals surface area contributed by atoms with Crippen LogP contribution in [0.1, 0.15) is 27.2 Å². The minimum Gasteiger partial charge on any atom is -0.493 e. The molecule has 4 nitrogen and oxygen atoms in total. The maximum Gasteiger partial charge on any atom is 0.161 e. The first kappa shape index (κ1) is 18.0. The molecule has 2 aromatic carbocycles. The second kappa shape index (κ2) is 9.06. The van der Waals surface area contributed by atoms with Crippen LogP contribution in [0.4, 0.5) is 5.69 Å². The van der Waals surface area contributed by atoms with Gasteiger partial charge in [0.25, 0.3) is 0 Å². The summed E-state index contributed by atoms with van der Waals surface area (Å²) in [7, 11) is 1.65. The quantitative estimate of drug-likeness (QED) is 0.720. The Morgan fingerprint density at radius 3 is 2.17 bits per heavy atom. The molecule has 0 spiro atoms. The number of nitrogens with one attached hydrogen (secondary N) is 1. The van der Waals surface area contributed by atoms with Gasteiger partial charge in [0.05, 0.1) is 19.8 Å². The molecule has 0 radical (unpaired) electrons.